The van der Waals surface area contributed by atoms with Gasteiger partial charge in [-0.3, -0.25) is 9.48 Å². The molecular weight excluding hydrogens is 300 g/mol. The minimum absolute atomic E-state index is 0.0148. The molecule has 6 nitrogen and oxygen atoms in total. The lowest BCUT2D eigenvalue weighted by atomic mass is 9.95. The fourth-order valence-electron chi connectivity index (χ4n) is 2.61. The van der Waals surface area contributed by atoms with Gasteiger partial charge in [-0.05, 0) is 13.3 Å². The number of nitrogens with zero attached hydrogens (tertiary/aromatic N) is 4. The Balaban J connectivity index is 1.84. The van der Waals surface area contributed by atoms with Gasteiger partial charge in [-0.1, -0.05) is 6.92 Å². The first-order valence-corrected chi connectivity index (χ1v) is 8.26. The van der Waals surface area contributed by atoms with Crippen molar-refractivity contribution in [3.63, 3.8) is 0 Å². The molecule has 0 N–H and O–H groups in total. The van der Waals surface area contributed by atoms with Crippen LogP contribution in [0.4, 0.5) is 0 Å². The van der Waals surface area contributed by atoms with Crippen molar-refractivity contribution in [2.24, 2.45) is 7.05 Å². The lowest BCUT2D eigenvalue weighted by Gasteiger charge is -2.43. The van der Waals surface area contributed by atoms with Crippen molar-refractivity contribution < 1.29 is 9.53 Å². The fraction of sp³-hybridized carbons (Fsp3) is 0.533. The Labute approximate surface area is 133 Å². The highest BCUT2D eigenvalue weighted by atomic mass is 32.1. The average Bonchev–Trinajstić information content (AvgIpc) is 3.16. The van der Waals surface area contributed by atoms with Crippen LogP contribution < -0.4 is 0 Å². The number of ether oxygens (including phenoxy) is 1. The zero-order valence-corrected chi connectivity index (χ0v) is 13.9. The van der Waals surface area contributed by atoms with E-state index >= 15 is 0 Å². The molecule has 1 aliphatic rings. The molecule has 3 heterocycles. The number of hydrogen-bond acceptors (Lipinski definition) is 5. The molecule has 7 heteroatoms. The normalized spacial score (nSPS) is 22.0. The van der Waals surface area contributed by atoms with E-state index in [0.29, 0.717) is 25.5 Å². The molecule has 2 aromatic rings. The topological polar surface area (TPSA) is 60.2 Å². The maximum absolute atomic E-state index is 12.8. The van der Waals surface area contributed by atoms with Crippen LogP contribution in [0.1, 0.15) is 30.8 Å². The second kappa shape index (κ2) is 5.81. The third-order valence-corrected chi connectivity index (χ3v) is 5.10. The molecule has 0 aliphatic carbocycles. The number of carbonyl (C=O) groups excluding carboxylic acids is 1. The monoisotopic (exact) mass is 320 g/mol. The van der Waals surface area contributed by atoms with Crippen molar-refractivity contribution in [2.75, 3.05) is 19.8 Å². The summed E-state index contributed by atoms with van der Waals surface area (Å²) >= 11 is 1.47. The first kappa shape index (κ1) is 15.2. The van der Waals surface area contributed by atoms with Gasteiger partial charge >= 0.3 is 0 Å². The highest BCUT2D eigenvalue weighted by Crippen LogP contribution is 2.28. The molecule has 0 spiro atoms. The van der Waals surface area contributed by atoms with E-state index in [0.717, 1.165) is 17.0 Å². The number of hydrogen-bond donors (Lipinski definition) is 0. The molecule has 1 fully saturated rings. The second-order valence-corrected chi connectivity index (χ2v) is 6.66. The lowest BCUT2D eigenvalue weighted by Crippen LogP contribution is -2.57. The quantitative estimate of drug-likeness (QED) is 0.870. The molecule has 1 aliphatic heterocycles. The molecule has 1 unspecified atom stereocenters. The Kier molecular flexibility index (Phi) is 4.01. The first-order chi connectivity index (χ1) is 10.5. The van der Waals surface area contributed by atoms with Crippen molar-refractivity contribution in [3.05, 3.63) is 23.5 Å². The van der Waals surface area contributed by atoms with Crippen molar-refractivity contribution in [2.45, 2.75) is 25.8 Å². The summed E-state index contributed by atoms with van der Waals surface area (Å²) in [5.41, 5.74) is 1.19. The molecule has 1 saturated heterocycles. The highest BCUT2D eigenvalue weighted by Gasteiger charge is 2.37. The van der Waals surface area contributed by atoms with Crippen LogP contribution in [-0.4, -0.2) is 50.9 Å². The smallest absolute Gasteiger partial charge is 0.273 e. The van der Waals surface area contributed by atoms with E-state index in [1.807, 2.05) is 23.5 Å². The van der Waals surface area contributed by atoms with E-state index in [1.54, 1.807) is 10.9 Å². The third-order valence-electron chi connectivity index (χ3n) is 4.21. The number of amides is 1. The zero-order valence-electron chi connectivity index (χ0n) is 13.1. The van der Waals surface area contributed by atoms with Gasteiger partial charge in [0.15, 0.2) is 0 Å². The largest absolute Gasteiger partial charge is 0.377 e. The summed E-state index contributed by atoms with van der Waals surface area (Å²) in [6.07, 6.45) is 4.52. The Morgan fingerprint density at radius 3 is 3.05 bits per heavy atom. The average molecular weight is 320 g/mol. The van der Waals surface area contributed by atoms with Crippen LogP contribution in [0.2, 0.25) is 0 Å². The van der Waals surface area contributed by atoms with Gasteiger partial charge in [-0.25, -0.2) is 4.98 Å². The van der Waals surface area contributed by atoms with Crippen LogP contribution in [-0.2, 0) is 11.8 Å². The van der Waals surface area contributed by atoms with Crippen molar-refractivity contribution in [3.8, 4) is 10.6 Å². The highest BCUT2D eigenvalue weighted by molar-refractivity contribution is 7.13. The van der Waals surface area contributed by atoms with E-state index < -0.39 is 0 Å². The summed E-state index contributed by atoms with van der Waals surface area (Å²) in [4.78, 5) is 19.2. The molecule has 1 atom stereocenters. The molecule has 0 radical (unpaired) electrons. The number of thiazole rings is 1. The molecule has 22 heavy (non-hydrogen) atoms. The van der Waals surface area contributed by atoms with Crippen LogP contribution in [0, 0.1) is 0 Å². The maximum atomic E-state index is 12.8. The van der Waals surface area contributed by atoms with E-state index in [1.165, 1.54) is 11.3 Å². The van der Waals surface area contributed by atoms with Gasteiger partial charge in [0.1, 0.15) is 10.7 Å². The van der Waals surface area contributed by atoms with E-state index in [2.05, 4.69) is 23.9 Å². The minimum atomic E-state index is -0.257. The molecule has 2 aromatic heterocycles. The van der Waals surface area contributed by atoms with Crippen LogP contribution in [0.5, 0.6) is 0 Å². The molecule has 118 valence electrons. The predicted molar refractivity (Wildman–Crippen MR) is 84.9 cm³/mol. The van der Waals surface area contributed by atoms with Crippen molar-refractivity contribution in [1.82, 2.24) is 19.7 Å². The Hall–Kier alpha value is -1.73. The molecular formula is C15H20N4O2S. The fourth-order valence-corrected chi connectivity index (χ4v) is 3.38. The van der Waals surface area contributed by atoms with Gasteiger partial charge in [-0.15, -0.1) is 11.3 Å². The molecule has 0 bridgehead atoms. The molecule has 3 rings (SSSR count). The third kappa shape index (κ3) is 2.66. The van der Waals surface area contributed by atoms with Gasteiger partial charge in [0.25, 0.3) is 5.91 Å². The number of aromatic nitrogens is 3. The zero-order chi connectivity index (χ0) is 15.7. The summed E-state index contributed by atoms with van der Waals surface area (Å²) in [6.45, 7) is 5.92. The van der Waals surface area contributed by atoms with Crippen LogP contribution in [0.15, 0.2) is 17.8 Å². The van der Waals surface area contributed by atoms with E-state index in [4.69, 9.17) is 4.74 Å². The Morgan fingerprint density at radius 1 is 1.55 bits per heavy atom. The number of carbonyl (C=O) groups is 1. The first-order valence-electron chi connectivity index (χ1n) is 7.38. The van der Waals surface area contributed by atoms with Crippen molar-refractivity contribution in [1.29, 1.82) is 0 Å². The van der Waals surface area contributed by atoms with E-state index in [-0.39, 0.29) is 11.4 Å². The van der Waals surface area contributed by atoms with Gasteiger partial charge in [0, 0.05) is 30.7 Å². The number of aryl methyl sites for hydroxylation is 1. The summed E-state index contributed by atoms with van der Waals surface area (Å²) in [5.74, 6) is -0.0148. The number of rotatable bonds is 3. The standard InChI is InChI=1S/C15H20N4O2S/c1-4-15(2)10-21-6-5-19(15)14(20)12-9-22-13(17-12)11-7-16-18(3)8-11/h7-9H,4-6,10H2,1-3H3. The summed E-state index contributed by atoms with van der Waals surface area (Å²) < 4.78 is 7.28. The van der Waals surface area contributed by atoms with Crippen LogP contribution in [0.25, 0.3) is 10.6 Å². The summed E-state index contributed by atoms with van der Waals surface area (Å²) in [5, 5.41) is 6.80. The predicted octanol–water partition coefficient (Wildman–Crippen LogP) is 2.18. The molecule has 0 saturated carbocycles. The van der Waals surface area contributed by atoms with Crippen LogP contribution >= 0.6 is 11.3 Å². The summed E-state index contributed by atoms with van der Waals surface area (Å²) in [6, 6.07) is 0. The maximum Gasteiger partial charge on any atom is 0.273 e. The van der Waals surface area contributed by atoms with Crippen molar-refractivity contribution >= 4 is 17.2 Å². The van der Waals surface area contributed by atoms with Gasteiger partial charge in [-0.2, -0.15) is 5.10 Å². The Bertz CT molecular complexity index is 681. The number of morpholine rings is 1. The van der Waals surface area contributed by atoms with Gasteiger partial charge < -0.3 is 9.64 Å². The summed E-state index contributed by atoms with van der Waals surface area (Å²) in [7, 11) is 1.86. The molecule has 1 amide bonds. The SMILES string of the molecule is CCC1(C)COCCN1C(=O)c1csc(-c2cnn(C)c2)n1. The second-order valence-electron chi connectivity index (χ2n) is 5.80. The van der Waals surface area contributed by atoms with Gasteiger partial charge in [0.05, 0.1) is 24.9 Å². The lowest BCUT2D eigenvalue weighted by molar-refractivity contribution is -0.0467. The minimum Gasteiger partial charge on any atom is -0.377 e. The van der Waals surface area contributed by atoms with Gasteiger partial charge in [0.2, 0.25) is 0 Å². The molecule has 0 aromatic carbocycles. The van der Waals surface area contributed by atoms with Crippen LogP contribution in [0.3, 0.4) is 0 Å². The van der Waals surface area contributed by atoms with E-state index in [9.17, 15) is 4.79 Å². The Morgan fingerprint density at radius 2 is 2.36 bits per heavy atom.